The van der Waals surface area contributed by atoms with Crippen molar-refractivity contribution in [3.05, 3.63) is 20.9 Å². The van der Waals surface area contributed by atoms with Crippen LogP contribution in [0.15, 0.2) is 10.2 Å². The molecule has 31 heteroatoms. The summed E-state index contributed by atoms with van der Waals surface area (Å²) in [5, 5.41) is 86.5. The van der Waals surface area contributed by atoms with Crippen LogP contribution >= 0.6 is 0 Å². The molecule has 0 radical (unpaired) electrons. The van der Waals surface area contributed by atoms with Gasteiger partial charge in [-0.25, -0.2) is 9.59 Å². The van der Waals surface area contributed by atoms with Gasteiger partial charge in [-0.2, -0.15) is 0 Å². The molecule has 5 heterocycles. The number of nitrogens with zero attached hydrogens (tertiary/aromatic N) is 6. The number of carboxylic acid groups (broad SMARTS) is 2. The summed E-state index contributed by atoms with van der Waals surface area (Å²) < 4.78 is 100. The lowest BCUT2D eigenvalue weighted by Gasteiger charge is -2.51. The second kappa shape index (κ2) is 39.2. The summed E-state index contributed by atoms with van der Waals surface area (Å²) in [7, 11) is 1.43. The Morgan fingerprint density at radius 2 is 0.793 bits per heavy atom. The third-order valence-electron chi connectivity index (χ3n) is 15.9. The fourth-order valence-corrected chi connectivity index (χ4v) is 11.0. The van der Waals surface area contributed by atoms with Gasteiger partial charge in [-0.05, 0) is 49.6 Å². The lowest BCUT2D eigenvalue weighted by molar-refractivity contribution is -0.381. The number of azide groups is 2. The molecule has 5 aliphatic rings. The second-order valence-corrected chi connectivity index (χ2v) is 22.2. The molecule has 0 aliphatic carbocycles. The van der Waals surface area contributed by atoms with E-state index in [0.29, 0.717) is 57.8 Å². The lowest BCUT2D eigenvalue weighted by Crippen LogP contribution is -2.69. The minimum Gasteiger partial charge on any atom is -0.479 e. The van der Waals surface area contributed by atoms with E-state index in [4.69, 9.17) is 75.8 Å². The third-order valence-corrected chi connectivity index (χ3v) is 15.9. The number of ether oxygens (including phenoxy) is 16. The van der Waals surface area contributed by atoms with E-state index in [2.05, 4.69) is 20.1 Å². The number of hydrogen-bond acceptors (Lipinski definition) is 25. The Hall–Kier alpha value is -3.28. The average Bonchev–Trinajstić information content (AvgIpc) is 1.36. The van der Waals surface area contributed by atoms with Gasteiger partial charge in [0.1, 0.15) is 85.3 Å². The van der Waals surface area contributed by atoms with Gasteiger partial charge in [0.05, 0.1) is 38.1 Å². The predicted octanol–water partition coefficient (Wildman–Crippen LogP) is 3.77. The first-order valence-corrected chi connectivity index (χ1v) is 31.0. The van der Waals surface area contributed by atoms with E-state index in [1.807, 2.05) is 41.5 Å². The number of aliphatic hydroxyl groups excluding tert-OH is 5. The number of aliphatic hydroxyl groups is 5. The van der Waals surface area contributed by atoms with Crippen LogP contribution in [0.4, 0.5) is 0 Å². The van der Waals surface area contributed by atoms with Crippen LogP contribution in [0.5, 0.6) is 0 Å². The molecule has 5 fully saturated rings. The standard InChI is InChI=1S/C56H98N6O25/c1-9-15-21-73-38-30(7)52(72-8)79-33(29-65)41(38)83-55-37(67)43(76-24-18-12-4)45(47(86-55)50(68)69)84-53-34(59-61-57)36(66)39(31(27-63)80-53)82-56-49(78-26-20-14-6)44(77-25-19-13-5)46(48(87-56)51(70)71)85-54-35(60-62-58)42(75-23-17-11-3)40(32(28-64)81-54)74-22-16-10-2/h30-49,52-56,63-67H,9-29H2,1-8H3,(H,68,69)(H,70,71)/t30?,31?,32?,33?,34?,35-,36+,37-,38+,39+,40+,41+,42+,43-,44-,45?,46-,47?,48?,49?,52-,53-,54+,55?,56+/m0/s1. The molecule has 0 saturated carbocycles. The first-order valence-electron chi connectivity index (χ1n) is 31.0. The normalized spacial score (nSPS) is 38.1. The first kappa shape index (κ1) is 74.4. The smallest absolute Gasteiger partial charge is 0.335 e. The molecule has 0 aromatic heterocycles. The number of methoxy groups -OCH3 is 1. The zero-order valence-corrected chi connectivity index (χ0v) is 51.4. The van der Waals surface area contributed by atoms with Crippen LogP contribution in [0.25, 0.3) is 20.9 Å². The number of aliphatic carboxylic acids is 2. The van der Waals surface area contributed by atoms with E-state index in [9.17, 15) is 56.4 Å². The van der Waals surface area contributed by atoms with Crippen molar-refractivity contribution in [2.75, 3.05) is 66.6 Å². The van der Waals surface area contributed by atoms with Crippen molar-refractivity contribution in [2.24, 2.45) is 16.1 Å². The molecule has 0 spiro atoms. The molecular formula is C56H98N6O25. The zero-order valence-electron chi connectivity index (χ0n) is 51.4. The summed E-state index contributed by atoms with van der Waals surface area (Å²) >= 11 is 0. The minimum atomic E-state index is -2.04. The zero-order chi connectivity index (χ0) is 63.6. The van der Waals surface area contributed by atoms with Crippen molar-refractivity contribution in [3.63, 3.8) is 0 Å². The van der Waals surface area contributed by atoms with Crippen molar-refractivity contribution in [2.45, 2.75) is 273 Å². The highest BCUT2D eigenvalue weighted by molar-refractivity contribution is 5.74. The Balaban J connectivity index is 1.50. The van der Waals surface area contributed by atoms with Gasteiger partial charge < -0.3 is 112 Å². The van der Waals surface area contributed by atoms with E-state index in [-0.39, 0.29) is 39.6 Å². The molecular weight excluding hydrogens is 1160 g/mol. The molecule has 5 saturated heterocycles. The fourth-order valence-electron chi connectivity index (χ4n) is 11.0. The highest BCUT2D eigenvalue weighted by atomic mass is 16.8. The number of hydrogen-bond donors (Lipinski definition) is 7. The van der Waals surface area contributed by atoms with Crippen LogP contribution < -0.4 is 0 Å². The number of unbranched alkanes of at least 4 members (excludes halogenated alkanes) is 6. The third kappa shape index (κ3) is 19.9. The molecule has 502 valence electrons. The van der Waals surface area contributed by atoms with E-state index < -0.39 is 185 Å². The van der Waals surface area contributed by atoms with E-state index in [1.165, 1.54) is 7.11 Å². The van der Waals surface area contributed by atoms with Gasteiger partial charge in [0, 0.05) is 62.5 Å². The topological polar surface area (TPSA) is 421 Å². The second-order valence-electron chi connectivity index (χ2n) is 22.2. The highest BCUT2D eigenvalue weighted by Crippen LogP contribution is 2.40. The summed E-state index contributed by atoms with van der Waals surface area (Å²) in [6, 6.07) is -3.17. The Bertz CT molecular complexity index is 2070. The SMILES string of the molecule is CCCCOC1[C@H](O[C@@H]2C(CO)O[C@@H](OC3C(C(=O)O)OC(O[C@@H]4C(CO)O[C@H](OC)C(C)[C@H]4OCCCC)[C@@H](O)[C@@H]3OCCCC)C(N=[N+]=[N-])[C@H]2O)OC(C(=O)O)[C@@H](O[C@H]2OC(CO)[C@@H](OCCCC)[C@H](OCCCC)[C@@H]2N=[N+]=[N-])[C@@H]1OCCCC. The van der Waals surface area contributed by atoms with Crippen LogP contribution in [-0.4, -0.2) is 262 Å². The Labute approximate surface area is 508 Å². The van der Waals surface area contributed by atoms with Crippen molar-refractivity contribution in [1.29, 1.82) is 0 Å². The van der Waals surface area contributed by atoms with E-state index in [0.717, 1.165) is 19.3 Å². The Kier molecular flexibility index (Phi) is 33.5. The minimum absolute atomic E-state index is 0.0217. The summed E-state index contributed by atoms with van der Waals surface area (Å²) in [6.45, 7) is 12.0. The van der Waals surface area contributed by atoms with Gasteiger partial charge in [0.15, 0.2) is 43.7 Å². The Morgan fingerprint density at radius 1 is 0.425 bits per heavy atom. The summed E-state index contributed by atoms with van der Waals surface area (Å²) in [5.41, 5.74) is 20.0. The van der Waals surface area contributed by atoms with Crippen molar-refractivity contribution in [3.8, 4) is 0 Å². The van der Waals surface area contributed by atoms with E-state index >= 15 is 0 Å². The maximum absolute atomic E-state index is 13.6. The highest BCUT2D eigenvalue weighted by Gasteiger charge is 2.60. The summed E-state index contributed by atoms with van der Waals surface area (Å²) in [4.78, 5) is 32.9. The van der Waals surface area contributed by atoms with Crippen molar-refractivity contribution < 1.29 is 121 Å². The van der Waals surface area contributed by atoms with Crippen LogP contribution in [0.3, 0.4) is 0 Å². The molecule has 0 aromatic rings. The van der Waals surface area contributed by atoms with Crippen LogP contribution in [0.1, 0.15) is 126 Å². The summed E-state index contributed by atoms with van der Waals surface area (Å²) in [6.07, 6.45) is -25.9. The number of rotatable bonds is 40. The molecule has 10 unspecified atom stereocenters. The van der Waals surface area contributed by atoms with E-state index in [1.54, 1.807) is 6.92 Å². The molecule has 7 N–H and O–H groups in total. The van der Waals surface area contributed by atoms with Gasteiger partial charge in [-0.3, -0.25) is 0 Å². The van der Waals surface area contributed by atoms with Crippen LogP contribution in [0.2, 0.25) is 0 Å². The average molecular weight is 1260 g/mol. The molecule has 0 amide bonds. The fraction of sp³-hybridized carbons (Fsp3) is 0.964. The molecule has 5 aliphatic heterocycles. The Morgan fingerprint density at radius 3 is 1.26 bits per heavy atom. The maximum Gasteiger partial charge on any atom is 0.335 e. The van der Waals surface area contributed by atoms with Gasteiger partial charge in [0.2, 0.25) is 0 Å². The predicted molar refractivity (Wildman–Crippen MR) is 301 cm³/mol. The monoisotopic (exact) mass is 1250 g/mol. The van der Waals surface area contributed by atoms with Crippen molar-refractivity contribution >= 4 is 11.9 Å². The maximum atomic E-state index is 13.6. The molecule has 0 bridgehead atoms. The van der Waals surface area contributed by atoms with Gasteiger partial charge in [0.25, 0.3) is 0 Å². The van der Waals surface area contributed by atoms with Gasteiger partial charge in [-0.1, -0.05) is 97.2 Å². The summed E-state index contributed by atoms with van der Waals surface area (Å²) in [5.74, 6) is -3.72. The number of carbonyl (C=O) groups is 2. The van der Waals surface area contributed by atoms with Crippen LogP contribution in [-0.2, 0) is 85.4 Å². The van der Waals surface area contributed by atoms with Gasteiger partial charge in [-0.15, -0.1) is 0 Å². The molecule has 25 atom stereocenters. The molecule has 31 nitrogen and oxygen atoms in total. The first-order chi connectivity index (χ1) is 42.1. The van der Waals surface area contributed by atoms with Crippen LogP contribution in [0, 0.1) is 5.92 Å². The van der Waals surface area contributed by atoms with Crippen molar-refractivity contribution in [1.82, 2.24) is 0 Å². The molecule has 5 rings (SSSR count). The molecule has 87 heavy (non-hydrogen) atoms. The quantitative estimate of drug-likeness (QED) is 0.0199. The lowest BCUT2D eigenvalue weighted by atomic mass is 9.91. The van der Waals surface area contributed by atoms with Gasteiger partial charge >= 0.3 is 11.9 Å². The largest absolute Gasteiger partial charge is 0.479 e. The molecule has 0 aromatic carbocycles. The number of carboxylic acids is 2.